The zero-order valence-corrected chi connectivity index (χ0v) is 14.2. The lowest BCUT2D eigenvalue weighted by Gasteiger charge is -2.37. The number of rotatable bonds is 1. The number of aryl methyl sites for hydroxylation is 1. The van der Waals surface area contributed by atoms with Gasteiger partial charge in [-0.2, -0.15) is 0 Å². The highest BCUT2D eigenvalue weighted by atomic mass is 16.6. The summed E-state index contributed by atoms with van der Waals surface area (Å²) in [5.41, 5.74) is 3.15. The van der Waals surface area contributed by atoms with Gasteiger partial charge in [-0.3, -0.25) is 0 Å². The van der Waals surface area contributed by atoms with Crippen LogP contribution in [0.1, 0.15) is 49.8 Å². The average molecular weight is 305 g/mol. The van der Waals surface area contributed by atoms with Gasteiger partial charge >= 0.3 is 6.09 Å². The molecule has 2 unspecified atom stereocenters. The number of hydrogen-bond donors (Lipinski definition) is 1. The molecule has 1 heterocycles. The summed E-state index contributed by atoms with van der Waals surface area (Å²) in [6.45, 7) is 10.7. The van der Waals surface area contributed by atoms with Crippen LogP contribution in [0.5, 0.6) is 0 Å². The number of benzene rings is 1. The number of nitrogens with zero attached hydrogens (tertiary/aromatic N) is 1. The van der Waals surface area contributed by atoms with E-state index in [1.54, 1.807) is 4.90 Å². The normalized spacial score (nSPS) is 22.5. The molecule has 0 saturated carbocycles. The quantitative estimate of drug-likeness (QED) is 0.865. The van der Waals surface area contributed by atoms with E-state index < -0.39 is 11.7 Å². The predicted molar refractivity (Wildman–Crippen MR) is 87.1 cm³/mol. The minimum atomic E-state index is -0.554. The molecule has 1 N–H and O–H groups in total. The van der Waals surface area contributed by atoms with E-state index in [4.69, 9.17) is 4.74 Å². The lowest BCUT2D eigenvalue weighted by Crippen LogP contribution is -2.47. The first-order valence-electron chi connectivity index (χ1n) is 7.91. The van der Waals surface area contributed by atoms with Crippen molar-refractivity contribution in [1.29, 1.82) is 0 Å². The predicted octanol–water partition coefficient (Wildman–Crippen LogP) is 3.39. The van der Waals surface area contributed by atoms with Crippen LogP contribution < -0.4 is 0 Å². The number of aliphatic hydroxyl groups excluding tert-OH is 1. The maximum atomic E-state index is 12.1. The number of carbonyl (C=O) groups excluding carboxylic acids is 1. The summed E-state index contributed by atoms with van der Waals surface area (Å²) in [5.74, 6) is 0.0820. The van der Waals surface area contributed by atoms with Crippen LogP contribution in [0, 0.1) is 13.8 Å². The van der Waals surface area contributed by atoms with Crippen LogP contribution in [-0.4, -0.2) is 40.9 Å². The molecule has 1 aliphatic heterocycles. The fraction of sp³-hybridized carbons (Fsp3) is 0.611. The zero-order chi connectivity index (χ0) is 16.5. The highest BCUT2D eigenvalue weighted by Gasteiger charge is 2.33. The second-order valence-corrected chi connectivity index (χ2v) is 7.18. The van der Waals surface area contributed by atoms with Gasteiger partial charge in [0.05, 0.1) is 12.6 Å². The first kappa shape index (κ1) is 16.8. The van der Waals surface area contributed by atoms with E-state index in [2.05, 4.69) is 26.0 Å². The Morgan fingerprint density at radius 1 is 1.32 bits per heavy atom. The second kappa shape index (κ2) is 6.29. The van der Waals surface area contributed by atoms with Gasteiger partial charge in [-0.1, -0.05) is 18.2 Å². The Balaban J connectivity index is 2.07. The summed E-state index contributed by atoms with van der Waals surface area (Å²) in [6, 6.07) is 6.20. The third kappa shape index (κ3) is 3.80. The van der Waals surface area contributed by atoms with Crippen molar-refractivity contribution in [2.45, 2.75) is 58.7 Å². The Kier molecular flexibility index (Phi) is 4.81. The first-order valence-corrected chi connectivity index (χ1v) is 7.91. The molecule has 4 heteroatoms. The molecule has 1 amide bonds. The molecule has 0 aliphatic carbocycles. The Labute approximate surface area is 133 Å². The Morgan fingerprint density at radius 3 is 2.59 bits per heavy atom. The van der Waals surface area contributed by atoms with Crippen molar-refractivity contribution in [3.8, 4) is 0 Å². The van der Waals surface area contributed by atoms with Crippen LogP contribution in [0.2, 0.25) is 0 Å². The molecule has 0 bridgehead atoms. The molecule has 0 radical (unpaired) electrons. The molecular weight excluding hydrogens is 278 g/mol. The smallest absolute Gasteiger partial charge is 0.410 e. The lowest BCUT2D eigenvalue weighted by molar-refractivity contribution is -0.00157. The van der Waals surface area contributed by atoms with Crippen molar-refractivity contribution in [3.05, 3.63) is 34.9 Å². The van der Waals surface area contributed by atoms with Gasteiger partial charge in [0, 0.05) is 12.5 Å². The second-order valence-electron chi connectivity index (χ2n) is 7.18. The molecule has 1 saturated heterocycles. The van der Waals surface area contributed by atoms with Crippen molar-refractivity contribution in [2.24, 2.45) is 0 Å². The lowest BCUT2D eigenvalue weighted by atomic mass is 9.84. The van der Waals surface area contributed by atoms with Crippen LogP contribution in [0.15, 0.2) is 18.2 Å². The maximum absolute atomic E-state index is 12.1. The number of piperidine rings is 1. The molecular formula is C18H27NO3. The SMILES string of the molecule is Cc1cccc(C2CCN(C(=O)OC(C)(C)C)CC2O)c1C. The van der Waals surface area contributed by atoms with E-state index in [9.17, 15) is 9.90 Å². The molecule has 0 spiro atoms. The van der Waals surface area contributed by atoms with Crippen LogP contribution >= 0.6 is 0 Å². The van der Waals surface area contributed by atoms with Gasteiger partial charge in [-0.15, -0.1) is 0 Å². The van der Waals surface area contributed by atoms with Crippen LogP contribution in [0.3, 0.4) is 0 Å². The third-order valence-electron chi connectivity index (χ3n) is 4.28. The highest BCUT2D eigenvalue weighted by Crippen LogP contribution is 2.32. The Morgan fingerprint density at radius 2 is 2.00 bits per heavy atom. The molecule has 2 atom stereocenters. The summed E-state index contributed by atoms with van der Waals surface area (Å²) < 4.78 is 5.39. The van der Waals surface area contributed by atoms with Gasteiger partial charge in [0.25, 0.3) is 0 Å². The van der Waals surface area contributed by atoms with Gasteiger partial charge in [-0.05, 0) is 57.7 Å². The number of likely N-dealkylation sites (tertiary alicyclic amines) is 1. The van der Waals surface area contributed by atoms with E-state index in [-0.39, 0.29) is 12.0 Å². The molecule has 1 aromatic rings. The van der Waals surface area contributed by atoms with Gasteiger partial charge in [0.15, 0.2) is 0 Å². The largest absolute Gasteiger partial charge is 0.444 e. The number of β-amino-alcohol motifs (C(OH)–C–C–N with tert-alkyl or cyclic N) is 1. The summed E-state index contributed by atoms with van der Waals surface area (Å²) in [6.07, 6.45) is -0.141. The van der Waals surface area contributed by atoms with Gasteiger partial charge in [0.2, 0.25) is 0 Å². The zero-order valence-electron chi connectivity index (χ0n) is 14.2. The van der Waals surface area contributed by atoms with Crippen LogP contribution in [0.4, 0.5) is 4.79 Å². The number of ether oxygens (including phenoxy) is 1. The van der Waals surface area contributed by atoms with Gasteiger partial charge in [-0.25, -0.2) is 4.79 Å². The first-order chi connectivity index (χ1) is 10.2. The van der Waals surface area contributed by atoms with Crippen molar-refractivity contribution in [2.75, 3.05) is 13.1 Å². The summed E-state index contributed by atoms with van der Waals surface area (Å²) in [4.78, 5) is 13.7. The maximum Gasteiger partial charge on any atom is 0.410 e. The topological polar surface area (TPSA) is 49.8 Å². The van der Waals surface area contributed by atoms with E-state index in [1.165, 1.54) is 16.7 Å². The Bertz CT molecular complexity index is 548. The van der Waals surface area contributed by atoms with E-state index in [1.807, 2.05) is 26.8 Å². The van der Waals surface area contributed by atoms with E-state index >= 15 is 0 Å². The van der Waals surface area contributed by atoms with Crippen LogP contribution in [-0.2, 0) is 4.74 Å². The van der Waals surface area contributed by atoms with Gasteiger partial charge < -0.3 is 14.7 Å². The summed E-state index contributed by atoms with van der Waals surface area (Å²) in [7, 11) is 0. The van der Waals surface area contributed by atoms with E-state index in [0.29, 0.717) is 13.1 Å². The molecule has 1 fully saturated rings. The molecule has 0 aromatic heterocycles. The fourth-order valence-electron chi connectivity index (χ4n) is 2.96. The molecule has 122 valence electrons. The third-order valence-corrected chi connectivity index (χ3v) is 4.28. The van der Waals surface area contributed by atoms with Crippen molar-refractivity contribution < 1.29 is 14.6 Å². The minimum Gasteiger partial charge on any atom is -0.444 e. The summed E-state index contributed by atoms with van der Waals surface area (Å²) in [5, 5.41) is 10.5. The van der Waals surface area contributed by atoms with E-state index in [0.717, 1.165) is 6.42 Å². The molecule has 2 rings (SSSR count). The molecule has 1 aliphatic rings. The van der Waals surface area contributed by atoms with Crippen molar-refractivity contribution in [1.82, 2.24) is 4.90 Å². The standard InChI is InChI=1S/C18H27NO3/c1-12-7-6-8-14(13(12)2)15-9-10-19(11-16(15)20)17(21)22-18(3,4)5/h6-8,15-16,20H,9-11H2,1-5H3. The number of carbonyl (C=O) groups is 1. The highest BCUT2D eigenvalue weighted by molar-refractivity contribution is 5.68. The fourth-order valence-corrected chi connectivity index (χ4v) is 2.96. The minimum absolute atomic E-state index is 0.0820. The number of amides is 1. The number of hydrogen-bond acceptors (Lipinski definition) is 3. The van der Waals surface area contributed by atoms with Gasteiger partial charge in [0.1, 0.15) is 5.60 Å². The van der Waals surface area contributed by atoms with Crippen molar-refractivity contribution in [3.63, 3.8) is 0 Å². The van der Waals surface area contributed by atoms with Crippen molar-refractivity contribution >= 4 is 6.09 Å². The molecule has 22 heavy (non-hydrogen) atoms. The summed E-state index contributed by atoms with van der Waals surface area (Å²) >= 11 is 0. The average Bonchev–Trinajstić information content (AvgIpc) is 2.40. The monoisotopic (exact) mass is 305 g/mol. The van der Waals surface area contributed by atoms with Crippen LogP contribution in [0.25, 0.3) is 0 Å². The number of aliphatic hydroxyl groups is 1. The molecule has 1 aromatic carbocycles. The Hall–Kier alpha value is -1.55. The molecule has 4 nitrogen and oxygen atoms in total.